The molecule has 0 aliphatic carbocycles. The van der Waals surface area contributed by atoms with Crippen molar-refractivity contribution in [1.29, 1.82) is 0 Å². The Bertz CT molecular complexity index is 368. The molecule has 1 rings (SSSR count). The molecule has 122 valence electrons. The average molecular weight is 296 g/mol. The lowest BCUT2D eigenvalue weighted by atomic mass is 9.90. The van der Waals surface area contributed by atoms with Crippen molar-refractivity contribution in [3.63, 3.8) is 0 Å². The van der Waals surface area contributed by atoms with Crippen molar-refractivity contribution in [2.45, 2.75) is 72.9 Å². The number of nitrogens with zero attached hydrogens (tertiary/aromatic N) is 1. The van der Waals surface area contributed by atoms with Crippen molar-refractivity contribution in [3.8, 4) is 0 Å². The van der Waals surface area contributed by atoms with Crippen molar-refractivity contribution in [3.05, 3.63) is 0 Å². The van der Waals surface area contributed by atoms with Gasteiger partial charge in [-0.3, -0.25) is 9.59 Å². The summed E-state index contributed by atoms with van der Waals surface area (Å²) in [6, 6.07) is -0.651. The van der Waals surface area contributed by atoms with Crippen molar-refractivity contribution >= 4 is 11.8 Å². The number of amides is 2. The van der Waals surface area contributed by atoms with Gasteiger partial charge in [-0.15, -0.1) is 0 Å². The molecule has 21 heavy (non-hydrogen) atoms. The van der Waals surface area contributed by atoms with Gasteiger partial charge in [0.15, 0.2) is 0 Å². The third-order valence-corrected chi connectivity index (χ3v) is 4.60. The van der Waals surface area contributed by atoms with Crippen LogP contribution in [0.5, 0.6) is 0 Å². The Morgan fingerprint density at radius 3 is 2.19 bits per heavy atom. The fourth-order valence-electron chi connectivity index (χ4n) is 2.89. The Labute approximate surface area is 129 Å². The first-order valence-electron chi connectivity index (χ1n) is 8.42. The standard InChI is InChI=1S/C17H32N2O2/c1-7-12(5)10-19-15(13(6)8-2)16(20)18-14(17(19)21)9-11(3)4/h11-15H,7-10H2,1-6H3,(H,18,20). The highest BCUT2D eigenvalue weighted by Gasteiger charge is 2.42. The van der Waals surface area contributed by atoms with E-state index in [1.165, 1.54) is 0 Å². The third-order valence-electron chi connectivity index (χ3n) is 4.60. The maximum Gasteiger partial charge on any atom is 0.245 e. The summed E-state index contributed by atoms with van der Waals surface area (Å²) >= 11 is 0. The molecule has 4 unspecified atom stereocenters. The molecule has 0 aromatic heterocycles. The van der Waals surface area contributed by atoms with Gasteiger partial charge in [-0.25, -0.2) is 0 Å². The van der Waals surface area contributed by atoms with E-state index in [4.69, 9.17) is 0 Å². The lowest BCUT2D eigenvalue weighted by Crippen LogP contribution is -2.65. The van der Waals surface area contributed by atoms with Crippen LogP contribution in [0.25, 0.3) is 0 Å². The number of rotatable bonds is 7. The Hall–Kier alpha value is -1.06. The fourth-order valence-corrected chi connectivity index (χ4v) is 2.89. The van der Waals surface area contributed by atoms with Gasteiger partial charge < -0.3 is 10.2 Å². The zero-order chi connectivity index (χ0) is 16.2. The molecule has 0 aromatic carbocycles. The van der Waals surface area contributed by atoms with Gasteiger partial charge in [0.1, 0.15) is 12.1 Å². The van der Waals surface area contributed by atoms with E-state index in [-0.39, 0.29) is 29.8 Å². The largest absolute Gasteiger partial charge is 0.342 e. The number of nitrogens with one attached hydrogen (secondary N) is 1. The Kier molecular flexibility index (Phi) is 6.69. The summed E-state index contributed by atoms with van der Waals surface area (Å²) in [4.78, 5) is 27.2. The van der Waals surface area contributed by atoms with Crippen LogP contribution >= 0.6 is 0 Å². The zero-order valence-corrected chi connectivity index (χ0v) is 14.5. The van der Waals surface area contributed by atoms with Crippen LogP contribution in [0, 0.1) is 17.8 Å². The van der Waals surface area contributed by atoms with Gasteiger partial charge in [-0.2, -0.15) is 0 Å². The number of hydrogen-bond acceptors (Lipinski definition) is 2. The van der Waals surface area contributed by atoms with Crippen LogP contribution < -0.4 is 5.32 Å². The molecule has 1 saturated heterocycles. The van der Waals surface area contributed by atoms with Crippen LogP contribution in [0.2, 0.25) is 0 Å². The second-order valence-electron chi connectivity index (χ2n) is 7.03. The minimum Gasteiger partial charge on any atom is -0.342 e. The molecule has 4 atom stereocenters. The highest BCUT2D eigenvalue weighted by molar-refractivity contribution is 5.97. The summed E-state index contributed by atoms with van der Waals surface area (Å²) in [5, 5.41) is 2.95. The van der Waals surface area contributed by atoms with Crippen molar-refractivity contribution < 1.29 is 9.59 Å². The number of carbonyl (C=O) groups excluding carboxylic acids is 2. The quantitative estimate of drug-likeness (QED) is 0.785. The highest BCUT2D eigenvalue weighted by atomic mass is 16.2. The molecular weight excluding hydrogens is 264 g/mol. The molecular formula is C17H32N2O2. The predicted molar refractivity (Wildman–Crippen MR) is 85.8 cm³/mol. The summed E-state index contributed by atoms with van der Waals surface area (Å²) in [5.41, 5.74) is 0. The maximum atomic E-state index is 12.8. The molecule has 1 N–H and O–H groups in total. The molecule has 1 aliphatic heterocycles. The smallest absolute Gasteiger partial charge is 0.245 e. The van der Waals surface area contributed by atoms with E-state index < -0.39 is 0 Å². The van der Waals surface area contributed by atoms with E-state index >= 15 is 0 Å². The monoisotopic (exact) mass is 296 g/mol. The second-order valence-corrected chi connectivity index (χ2v) is 7.03. The normalized spacial score (nSPS) is 26.0. The van der Waals surface area contributed by atoms with Crippen LogP contribution in [0.3, 0.4) is 0 Å². The molecule has 0 saturated carbocycles. The van der Waals surface area contributed by atoms with E-state index in [1.54, 1.807) is 0 Å². The van der Waals surface area contributed by atoms with Crippen molar-refractivity contribution in [2.24, 2.45) is 17.8 Å². The van der Waals surface area contributed by atoms with Crippen LogP contribution in [0.4, 0.5) is 0 Å². The third kappa shape index (κ3) is 4.45. The molecule has 2 amide bonds. The minimum atomic E-state index is -0.345. The molecule has 1 heterocycles. The molecule has 0 aromatic rings. The summed E-state index contributed by atoms with van der Waals surface area (Å²) < 4.78 is 0. The lowest BCUT2D eigenvalue weighted by Gasteiger charge is -2.43. The van der Waals surface area contributed by atoms with Crippen molar-refractivity contribution in [2.75, 3.05) is 6.54 Å². The van der Waals surface area contributed by atoms with E-state index in [9.17, 15) is 9.59 Å². The van der Waals surface area contributed by atoms with Gasteiger partial charge in [-0.05, 0) is 24.2 Å². The molecule has 1 aliphatic rings. The molecule has 1 fully saturated rings. The fraction of sp³-hybridized carbons (Fsp3) is 0.882. The van der Waals surface area contributed by atoms with E-state index in [1.807, 2.05) is 4.90 Å². The maximum absolute atomic E-state index is 12.8. The first kappa shape index (κ1) is 18.0. The summed E-state index contributed by atoms with van der Waals surface area (Å²) in [7, 11) is 0. The van der Waals surface area contributed by atoms with Crippen LogP contribution in [-0.2, 0) is 9.59 Å². The van der Waals surface area contributed by atoms with Gasteiger partial charge in [0.25, 0.3) is 0 Å². The van der Waals surface area contributed by atoms with Gasteiger partial charge in [-0.1, -0.05) is 54.4 Å². The van der Waals surface area contributed by atoms with Gasteiger partial charge in [0.2, 0.25) is 11.8 Å². The molecule has 0 radical (unpaired) electrons. The van der Waals surface area contributed by atoms with Gasteiger partial charge >= 0.3 is 0 Å². The summed E-state index contributed by atoms with van der Waals surface area (Å²) in [6.45, 7) is 13.3. The van der Waals surface area contributed by atoms with Crippen LogP contribution in [-0.4, -0.2) is 35.3 Å². The van der Waals surface area contributed by atoms with E-state index in [0.29, 0.717) is 18.4 Å². The minimum absolute atomic E-state index is 0.0258. The van der Waals surface area contributed by atoms with Gasteiger partial charge in [0.05, 0.1) is 0 Å². The topological polar surface area (TPSA) is 49.4 Å². The van der Waals surface area contributed by atoms with Crippen LogP contribution in [0.1, 0.15) is 60.8 Å². The zero-order valence-electron chi connectivity index (χ0n) is 14.5. The van der Waals surface area contributed by atoms with E-state index in [2.05, 4.69) is 46.9 Å². The van der Waals surface area contributed by atoms with E-state index in [0.717, 1.165) is 19.3 Å². The predicted octanol–water partition coefficient (Wildman–Crippen LogP) is 2.82. The SMILES string of the molecule is CCC(C)CN1C(=O)C(CC(C)C)NC(=O)C1C(C)CC. The van der Waals surface area contributed by atoms with Crippen molar-refractivity contribution in [1.82, 2.24) is 10.2 Å². The lowest BCUT2D eigenvalue weighted by molar-refractivity contribution is -0.152. The Balaban J connectivity index is 2.99. The number of hydrogen-bond donors (Lipinski definition) is 1. The van der Waals surface area contributed by atoms with Crippen LogP contribution in [0.15, 0.2) is 0 Å². The molecule has 0 bridgehead atoms. The molecule has 4 heteroatoms. The Morgan fingerprint density at radius 2 is 1.71 bits per heavy atom. The number of carbonyl (C=O) groups is 2. The second kappa shape index (κ2) is 7.81. The number of piperazine rings is 1. The molecule has 4 nitrogen and oxygen atoms in total. The summed E-state index contributed by atoms with van der Waals surface area (Å²) in [5.74, 6) is 1.14. The Morgan fingerprint density at radius 1 is 1.10 bits per heavy atom. The first-order chi connectivity index (χ1) is 9.81. The highest BCUT2D eigenvalue weighted by Crippen LogP contribution is 2.24. The van der Waals surface area contributed by atoms with Gasteiger partial charge in [0, 0.05) is 6.54 Å². The average Bonchev–Trinajstić information content (AvgIpc) is 2.42. The first-order valence-corrected chi connectivity index (χ1v) is 8.42. The molecule has 0 spiro atoms. The summed E-state index contributed by atoms with van der Waals surface area (Å²) in [6.07, 6.45) is 2.64.